The number of primary amides is 1. The molecule has 0 spiro atoms. The van der Waals surface area contributed by atoms with Gasteiger partial charge in [0.2, 0.25) is 0 Å². The van der Waals surface area contributed by atoms with E-state index in [0.717, 1.165) is 5.92 Å². The molecular formula is C18H33NO2. The van der Waals surface area contributed by atoms with Crippen LogP contribution in [-0.4, -0.2) is 12.2 Å². The van der Waals surface area contributed by atoms with E-state index in [-0.39, 0.29) is 11.5 Å². The van der Waals surface area contributed by atoms with Gasteiger partial charge in [0.1, 0.15) is 6.10 Å². The van der Waals surface area contributed by atoms with E-state index >= 15 is 0 Å². The van der Waals surface area contributed by atoms with Gasteiger partial charge in [-0.05, 0) is 31.6 Å². The van der Waals surface area contributed by atoms with E-state index in [0.29, 0.717) is 5.92 Å². The monoisotopic (exact) mass is 295 g/mol. The second-order valence-corrected chi connectivity index (χ2v) is 7.29. The SMILES string of the molecule is CCC(C1CCCCC1)C1(C(C)OC(N)=O)CCCCC1. The molecule has 0 heterocycles. The van der Waals surface area contributed by atoms with E-state index in [2.05, 4.69) is 13.8 Å². The van der Waals surface area contributed by atoms with Crippen molar-refractivity contribution >= 4 is 6.09 Å². The Balaban J connectivity index is 2.20. The van der Waals surface area contributed by atoms with Crippen LogP contribution in [0.5, 0.6) is 0 Å². The minimum Gasteiger partial charge on any atom is -0.446 e. The Morgan fingerprint density at radius 2 is 1.71 bits per heavy atom. The first-order chi connectivity index (χ1) is 10.1. The maximum atomic E-state index is 11.3. The van der Waals surface area contributed by atoms with Crippen LogP contribution in [0.15, 0.2) is 0 Å². The molecule has 2 rings (SSSR count). The predicted octanol–water partition coefficient (Wildman–Crippen LogP) is 5.03. The largest absolute Gasteiger partial charge is 0.446 e. The van der Waals surface area contributed by atoms with Gasteiger partial charge in [0.05, 0.1) is 0 Å². The highest BCUT2D eigenvalue weighted by Crippen LogP contribution is 2.52. The van der Waals surface area contributed by atoms with Crippen LogP contribution < -0.4 is 5.73 Å². The van der Waals surface area contributed by atoms with Gasteiger partial charge in [-0.2, -0.15) is 0 Å². The molecule has 0 aliphatic heterocycles. The highest BCUT2D eigenvalue weighted by molar-refractivity contribution is 5.64. The number of hydrogen-bond acceptors (Lipinski definition) is 2. The maximum Gasteiger partial charge on any atom is 0.404 e. The van der Waals surface area contributed by atoms with Crippen molar-refractivity contribution in [1.82, 2.24) is 0 Å². The summed E-state index contributed by atoms with van der Waals surface area (Å²) >= 11 is 0. The average molecular weight is 295 g/mol. The Morgan fingerprint density at radius 3 is 2.24 bits per heavy atom. The summed E-state index contributed by atoms with van der Waals surface area (Å²) in [5.74, 6) is 1.51. The van der Waals surface area contributed by atoms with E-state index in [4.69, 9.17) is 10.5 Å². The van der Waals surface area contributed by atoms with E-state index in [1.807, 2.05) is 0 Å². The van der Waals surface area contributed by atoms with Gasteiger partial charge in [0.25, 0.3) is 0 Å². The molecule has 0 aromatic rings. The smallest absolute Gasteiger partial charge is 0.404 e. The molecule has 2 fully saturated rings. The van der Waals surface area contributed by atoms with Crippen LogP contribution >= 0.6 is 0 Å². The highest BCUT2D eigenvalue weighted by atomic mass is 16.6. The Labute approximate surface area is 130 Å². The third-order valence-electron chi connectivity index (χ3n) is 6.28. The Kier molecular flexibility index (Phi) is 5.95. The van der Waals surface area contributed by atoms with Gasteiger partial charge in [-0.1, -0.05) is 64.7 Å². The fourth-order valence-electron chi connectivity index (χ4n) is 5.33. The summed E-state index contributed by atoms with van der Waals surface area (Å²) in [4.78, 5) is 11.3. The van der Waals surface area contributed by atoms with Gasteiger partial charge in [-0.25, -0.2) is 4.79 Å². The number of nitrogens with two attached hydrogens (primary N) is 1. The third kappa shape index (κ3) is 3.73. The molecule has 2 atom stereocenters. The van der Waals surface area contributed by atoms with E-state index in [1.165, 1.54) is 70.6 Å². The van der Waals surface area contributed by atoms with Crippen molar-refractivity contribution in [3.8, 4) is 0 Å². The van der Waals surface area contributed by atoms with Crippen molar-refractivity contribution in [2.75, 3.05) is 0 Å². The first-order valence-electron chi connectivity index (χ1n) is 9.06. The lowest BCUT2D eigenvalue weighted by Gasteiger charge is -2.50. The molecular weight excluding hydrogens is 262 g/mol. The maximum absolute atomic E-state index is 11.3. The van der Waals surface area contributed by atoms with Gasteiger partial charge in [-0.3, -0.25) is 0 Å². The van der Waals surface area contributed by atoms with Crippen LogP contribution in [0, 0.1) is 17.3 Å². The Hall–Kier alpha value is -0.730. The lowest BCUT2D eigenvalue weighted by atomic mass is 9.57. The van der Waals surface area contributed by atoms with Crippen LogP contribution in [0.25, 0.3) is 0 Å². The highest BCUT2D eigenvalue weighted by Gasteiger charge is 2.47. The zero-order valence-electron chi connectivity index (χ0n) is 13.9. The molecule has 1 amide bonds. The van der Waals surface area contributed by atoms with Crippen molar-refractivity contribution in [2.24, 2.45) is 23.0 Å². The summed E-state index contributed by atoms with van der Waals surface area (Å²) in [6.45, 7) is 4.41. The first kappa shape index (κ1) is 16.6. The molecule has 122 valence electrons. The summed E-state index contributed by atoms with van der Waals surface area (Å²) in [5.41, 5.74) is 5.49. The molecule has 0 aromatic heterocycles. The number of hydrogen-bond donors (Lipinski definition) is 1. The van der Waals surface area contributed by atoms with Gasteiger partial charge < -0.3 is 10.5 Å². The summed E-state index contributed by atoms with van der Waals surface area (Å²) in [6.07, 6.45) is 13.7. The van der Waals surface area contributed by atoms with Crippen LogP contribution in [0.4, 0.5) is 4.79 Å². The number of carbonyl (C=O) groups excluding carboxylic acids is 1. The molecule has 2 aliphatic carbocycles. The van der Waals surface area contributed by atoms with E-state index in [1.54, 1.807) is 0 Å². The fraction of sp³-hybridized carbons (Fsp3) is 0.944. The number of carbonyl (C=O) groups is 1. The standard InChI is InChI=1S/C18H33NO2/c1-3-16(15-10-6-4-7-11-15)18(12-8-5-9-13-18)14(2)21-17(19)20/h14-16H,3-13H2,1-2H3,(H2,19,20). The molecule has 0 radical (unpaired) electrons. The molecule has 2 unspecified atom stereocenters. The summed E-state index contributed by atoms with van der Waals surface area (Å²) in [7, 11) is 0. The van der Waals surface area contributed by atoms with Gasteiger partial charge in [-0.15, -0.1) is 0 Å². The van der Waals surface area contributed by atoms with Gasteiger partial charge in [0.15, 0.2) is 0 Å². The molecule has 0 bridgehead atoms. The molecule has 2 N–H and O–H groups in total. The van der Waals surface area contributed by atoms with Gasteiger partial charge >= 0.3 is 6.09 Å². The second kappa shape index (κ2) is 7.51. The van der Waals surface area contributed by atoms with Crippen molar-refractivity contribution in [1.29, 1.82) is 0 Å². The van der Waals surface area contributed by atoms with Crippen molar-refractivity contribution in [3.05, 3.63) is 0 Å². The molecule has 2 saturated carbocycles. The van der Waals surface area contributed by atoms with Crippen LogP contribution in [0.2, 0.25) is 0 Å². The van der Waals surface area contributed by atoms with E-state index in [9.17, 15) is 4.79 Å². The molecule has 2 aliphatic rings. The fourth-order valence-corrected chi connectivity index (χ4v) is 5.33. The molecule has 21 heavy (non-hydrogen) atoms. The van der Waals surface area contributed by atoms with E-state index < -0.39 is 6.09 Å². The van der Waals surface area contributed by atoms with Crippen molar-refractivity contribution in [3.63, 3.8) is 0 Å². The molecule has 0 saturated heterocycles. The lowest BCUT2D eigenvalue weighted by molar-refractivity contribution is -0.0687. The third-order valence-corrected chi connectivity index (χ3v) is 6.28. The minimum absolute atomic E-state index is 0.0397. The predicted molar refractivity (Wildman–Crippen MR) is 86.0 cm³/mol. The minimum atomic E-state index is -0.606. The zero-order valence-corrected chi connectivity index (χ0v) is 13.9. The Bertz CT molecular complexity index is 330. The lowest BCUT2D eigenvalue weighted by Crippen LogP contribution is -2.47. The number of amides is 1. The molecule has 0 aromatic carbocycles. The normalized spacial score (nSPS) is 26.0. The number of rotatable bonds is 5. The molecule has 3 nitrogen and oxygen atoms in total. The van der Waals surface area contributed by atoms with Crippen LogP contribution in [0.3, 0.4) is 0 Å². The van der Waals surface area contributed by atoms with Crippen LogP contribution in [-0.2, 0) is 4.74 Å². The quantitative estimate of drug-likeness (QED) is 0.773. The second-order valence-electron chi connectivity index (χ2n) is 7.29. The summed E-state index contributed by atoms with van der Waals surface area (Å²) in [6, 6.07) is 0. The zero-order chi connectivity index (χ0) is 15.3. The average Bonchev–Trinajstić information content (AvgIpc) is 2.49. The van der Waals surface area contributed by atoms with Crippen molar-refractivity contribution < 1.29 is 9.53 Å². The molecule has 3 heteroatoms. The number of ether oxygens (including phenoxy) is 1. The first-order valence-corrected chi connectivity index (χ1v) is 9.06. The van der Waals surface area contributed by atoms with Crippen LogP contribution in [0.1, 0.15) is 84.5 Å². The van der Waals surface area contributed by atoms with Crippen molar-refractivity contribution in [2.45, 2.75) is 90.6 Å². The Morgan fingerprint density at radius 1 is 1.14 bits per heavy atom. The topological polar surface area (TPSA) is 52.3 Å². The summed E-state index contributed by atoms with van der Waals surface area (Å²) in [5, 5.41) is 0. The summed E-state index contributed by atoms with van der Waals surface area (Å²) < 4.78 is 5.51. The van der Waals surface area contributed by atoms with Gasteiger partial charge in [0, 0.05) is 5.41 Å².